The lowest BCUT2D eigenvalue weighted by Crippen LogP contribution is -2.23. The molecule has 2 aromatic heterocycles. The molecule has 0 radical (unpaired) electrons. The molecule has 0 saturated carbocycles. The molecule has 26 heteroatoms. The molecule has 0 bridgehead atoms. The van der Waals surface area contributed by atoms with E-state index in [1.807, 2.05) is 0 Å². The van der Waals surface area contributed by atoms with Gasteiger partial charge in [0, 0.05) is 5.56 Å². The van der Waals surface area contributed by atoms with Crippen LogP contribution in [0.5, 0.6) is 35.0 Å². The number of hydrogen-bond donors (Lipinski definition) is 2. The van der Waals surface area contributed by atoms with Gasteiger partial charge in [-0.2, -0.15) is 37.5 Å². The molecule has 1 unspecified atom stereocenters. The van der Waals surface area contributed by atoms with Gasteiger partial charge in [0.05, 0.1) is 71.3 Å². The predicted molar refractivity (Wildman–Crippen MR) is 192 cm³/mol. The Morgan fingerprint density at radius 1 is 0.632 bits per heavy atom. The van der Waals surface area contributed by atoms with Gasteiger partial charge in [-0.3, -0.25) is 14.2 Å². The van der Waals surface area contributed by atoms with Crippen molar-refractivity contribution in [1.29, 1.82) is 0 Å². The van der Waals surface area contributed by atoms with E-state index in [1.54, 1.807) is 11.0 Å². The van der Waals surface area contributed by atoms with Gasteiger partial charge in [-0.15, -0.1) is 11.8 Å². The maximum absolute atomic E-state index is 14.2. The first-order valence-electron chi connectivity index (χ1n) is 15.2. The van der Waals surface area contributed by atoms with Gasteiger partial charge >= 0.3 is 11.5 Å². The molecule has 0 spiro atoms. The summed E-state index contributed by atoms with van der Waals surface area (Å²) in [6.45, 7) is 0. The minimum absolute atomic E-state index is 0.0565. The lowest BCUT2D eigenvalue weighted by atomic mass is 10.1. The Kier molecular flexibility index (Phi) is 15.8. The number of thioether (sulfide) groups is 1. The number of ether oxygens (including phenoxy) is 6. The summed E-state index contributed by atoms with van der Waals surface area (Å²) in [6.07, 6.45) is 1.65. The van der Waals surface area contributed by atoms with Crippen LogP contribution in [0.3, 0.4) is 0 Å². The largest absolute Gasteiger partial charge is 0.492 e. The predicted octanol–water partition coefficient (Wildman–Crippen LogP) is 4.90. The average Bonchev–Trinajstić information content (AvgIpc) is 3.18. The van der Waals surface area contributed by atoms with Crippen LogP contribution in [0.2, 0.25) is 0 Å². The summed E-state index contributed by atoms with van der Waals surface area (Å²) in [6, 6.07) is 6.62. The summed E-state index contributed by atoms with van der Waals surface area (Å²) < 4.78 is 159. The molecule has 2 heterocycles. The van der Waals surface area contributed by atoms with Crippen LogP contribution in [0, 0.1) is 11.6 Å². The number of hydrogen-bond acceptors (Lipinski definition) is 16. The highest BCUT2D eigenvalue weighted by atomic mass is 32.2. The summed E-state index contributed by atoms with van der Waals surface area (Å²) in [5.41, 5.74) is -1.72. The fraction of sp³-hybridized carbons (Fsp3) is 0.323. The number of nitrogens with one attached hydrogen (secondary N) is 2. The molecule has 2 aromatic carbocycles. The van der Waals surface area contributed by atoms with Crippen molar-refractivity contribution in [1.82, 2.24) is 19.9 Å². The first kappa shape index (κ1) is 45.9. The van der Waals surface area contributed by atoms with Gasteiger partial charge in [-0.1, -0.05) is 6.07 Å². The van der Waals surface area contributed by atoms with Gasteiger partial charge in [-0.05, 0) is 24.5 Å². The molecule has 57 heavy (non-hydrogen) atoms. The third kappa shape index (κ3) is 10.9. The van der Waals surface area contributed by atoms with E-state index in [4.69, 9.17) is 28.4 Å². The topological polar surface area (TPSA) is 216 Å². The molecule has 4 rings (SSSR count). The molecule has 0 aliphatic heterocycles. The van der Waals surface area contributed by atoms with E-state index >= 15 is 0 Å². The number of rotatable bonds is 17. The third-order valence-corrected chi connectivity index (χ3v) is 9.88. The second kappa shape index (κ2) is 19.6. The monoisotopic (exact) mass is 874 g/mol. The van der Waals surface area contributed by atoms with Gasteiger partial charge in [0.25, 0.3) is 20.0 Å². The highest BCUT2D eigenvalue weighted by Gasteiger charge is 2.32. The van der Waals surface area contributed by atoms with Crippen LogP contribution >= 0.6 is 11.8 Å². The van der Waals surface area contributed by atoms with Crippen molar-refractivity contribution in [3.63, 3.8) is 0 Å². The molecule has 0 aliphatic carbocycles. The Morgan fingerprint density at radius 3 is 1.44 bits per heavy atom. The normalized spacial score (nSPS) is 11.9. The molecular formula is C31H32F6N6O11S3. The number of alkyl halides is 4. The van der Waals surface area contributed by atoms with Crippen molar-refractivity contribution in [3.8, 4) is 35.0 Å². The zero-order valence-electron chi connectivity index (χ0n) is 30.5. The number of anilines is 2. The van der Waals surface area contributed by atoms with Crippen molar-refractivity contribution >= 4 is 49.0 Å². The minimum atomic E-state index is -5.24. The van der Waals surface area contributed by atoms with E-state index in [0.717, 1.165) is 44.2 Å². The smallest absolute Gasteiger partial charge is 0.355 e. The third-order valence-electron chi connectivity index (χ3n) is 7.03. The van der Waals surface area contributed by atoms with Crippen molar-refractivity contribution in [3.05, 3.63) is 70.8 Å². The zero-order chi connectivity index (χ0) is 42.8. The van der Waals surface area contributed by atoms with Crippen LogP contribution in [0.1, 0.15) is 32.8 Å². The Labute approximate surface area is 325 Å². The number of ketones is 1. The second-order valence-corrected chi connectivity index (χ2v) is 14.6. The fourth-order valence-corrected chi connectivity index (χ4v) is 6.40. The van der Waals surface area contributed by atoms with E-state index in [0.29, 0.717) is 0 Å². The number of aromatic nitrogens is 4. The van der Waals surface area contributed by atoms with Crippen molar-refractivity contribution < 1.29 is 76.4 Å². The van der Waals surface area contributed by atoms with Crippen LogP contribution in [-0.4, -0.2) is 103 Å². The van der Waals surface area contributed by atoms with E-state index in [1.165, 1.54) is 51.4 Å². The van der Waals surface area contributed by atoms with Crippen LogP contribution in [0.15, 0.2) is 36.4 Å². The van der Waals surface area contributed by atoms with Crippen LogP contribution in [-0.2, 0) is 20.0 Å². The molecule has 2 N–H and O–H groups in total. The van der Waals surface area contributed by atoms with E-state index in [-0.39, 0.29) is 34.9 Å². The molecule has 0 fully saturated rings. The maximum Gasteiger partial charge on any atom is 0.355 e. The van der Waals surface area contributed by atoms with E-state index in [9.17, 15) is 48.0 Å². The van der Waals surface area contributed by atoms with Gasteiger partial charge in [0.1, 0.15) is 5.69 Å². The quantitative estimate of drug-likeness (QED) is 0.107. The number of methoxy groups -OCH3 is 6. The Hall–Kier alpha value is -5.50. The number of sulfonamides is 2. The maximum atomic E-state index is 14.2. The molecule has 312 valence electrons. The van der Waals surface area contributed by atoms with E-state index in [2.05, 4.69) is 19.9 Å². The number of nitrogens with zero attached hydrogens (tertiary/aromatic N) is 4. The molecule has 17 nitrogen and oxygen atoms in total. The summed E-state index contributed by atoms with van der Waals surface area (Å²) in [7, 11) is -3.00. The SMILES string of the molecule is COc1cc(OC)nc(C(=O)c2ccc(F)c(OC)c2NS(=O)(=O)C(F)F)n1.COc1cc(OC)nc(C(SC)c2ccc(F)c(OC)c2NS(=O)(=O)C(F)F)n1. The number of benzene rings is 2. The van der Waals surface area contributed by atoms with E-state index < -0.39 is 88.5 Å². The zero-order valence-corrected chi connectivity index (χ0v) is 32.9. The summed E-state index contributed by atoms with van der Waals surface area (Å²) in [4.78, 5) is 28.8. The number of carbonyl (C=O) groups is 1. The van der Waals surface area contributed by atoms with Crippen LogP contribution in [0.25, 0.3) is 0 Å². The molecule has 1 atom stereocenters. The summed E-state index contributed by atoms with van der Waals surface area (Å²) in [5.74, 6) is -12.1. The van der Waals surface area contributed by atoms with Crippen molar-refractivity contribution in [2.45, 2.75) is 16.8 Å². The first-order chi connectivity index (χ1) is 26.8. The van der Waals surface area contributed by atoms with Crippen molar-refractivity contribution in [2.24, 2.45) is 0 Å². The fourth-order valence-electron chi connectivity index (χ4n) is 4.47. The Balaban J connectivity index is 0.000000306. The lowest BCUT2D eigenvalue weighted by molar-refractivity contribution is 0.102. The molecular weight excluding hydrogens is 843 g/mol. The first-order valence-corrected chi connectivity index (χ1v) is 19.5. The average molecular weight is 875 g/mol. The summed E-state index contributed by atoms with van der Waals surface area (Å²) >= 11 is 1.15. The molecule has 0 saturated heterocycles. The Morgan fingerprint density at radius 2 is 1.04 bits per heavy atom. The van der Waals surface area contributed by atoms with Gasteiger partial charge in [0.2, 0.25) is 35.1 Å². The molecule has 4 aromatic rings. The lowest BCUT2D eigenvalue weighted by Gasteiger charge is -2.21. The minimum Gasteiger partial charge on any atom is -0.492 e. The van der Waals surface area contributed by atoms with Crippen molar-refractivity contribution in [2.75, 3.05) is 58.4 Å². The number of carbonyl (C=O) groups excluding carboxylic acids is 1. The van der Waals surface area contributed by atoms with Crippen LogP contribution in [0.4, 0.5) is 37.7 Å². The van der Waals surface area contributed by atoms with Gasteiger partial charge < -0.3 is 28.4 Å². The van der Waals surface area contributed by atoms with Gasteiger partial charge in [-0.25, -0.2) is 25.6 Å². The van der Waals surface area contributed by atoms with Gasteiger partial charge in [0.15, 0.2) is 29.0 Å². The highest BCUT2D eigenvalue weighted by Crippen LogP contribution is 2.43. The Bertz CT molecular complexity index is 2250. The number of halogens is 6. The summed E-state index contributed by atoms with van der Waals surface area (Å²) in [5, 5.41) is -0.802. The highest BCUT2D eigenvalue weighted by molar-refractivity contribution is 7.99. The van der Waals surface area contributed by atoms with Crippen LogP contribution < -0.4 is 37.9 Å². The molecule has 0 aliphatic rings. The molecule has 0 amide bonds. The standard InChI is InChI=1S/C16H18F3N3O5S2.C15H14F3N3O6S/c1-25-10-7-11(26-2)21-15(20-10)14(28-4)8-5-6-9(17)13(27-3)12(8)22-29(23,24)16(18)19;1-25-9-6-10(26-2)20-14(19-9)12(22)7-4-5-8(16)13(27-3)11(7)21-28(23,24)15(17)18/h5-7,14,16,22H,1-4H3;4-6,15,21H,1-3H3. The second-order valence-electron chi connectivity index (χ2n) is 10.4.